The third-order valence-electron chi connectivity index (χ3n) is 0. The highest BCUT2D eigenvalue weighted by atomic mass is 28.1. The smallest absolute Gasteiger partial charge is 0.231 e. The largest absolute Gasteiger partial charge is 0.400 e. The monoisotopic (exact) mass is 193 g/mol. The van der Waals surface area contributed by atoms with E-state index < -0.39 is 0 Å². The molecule has 0 aromatic heterocycles. The van der Waals surface area contributed by atoms with Gasteiger partial charge >= 0.3 is 0 Å². The Balaban J connectivity index is -0.0000000179. The van der Waals surface area contributed by atoms with Gasteiger partial charge in [-0.3, -0.25) is 0 Å². The average molecular weight is 193 g/mol. The summed E-state index contributed by atoms with van der Waals surface area (Å²) in [6, 6.07) is 0. The lowest BCUT2D eigenvalue weighted by atomic mass is 11.7. The lowest BCUT2D eigenvalue weighted by Crippen LogP contribution is -1.25. The summed E-state index contributed by atoms with van der Waals surface area (Å²) in [4.78, 5) is 25.0. The minimum Gasteiger partial charge on any atom is -0.400 e. The fourth-order valence-corrected chi connectivity index (χ4v) is 0. The van der Waals surface area contributed by atoms with Crippen LogP contribution in [0.15, 0.2) is 0 Å². The van der Waals surface area contributed by atoms with E-state index in [0.29, 0.717) is 0 Å². The summed E-state index contributed by atoms with van der Waals surface area (Å²) in [6.07, 6.45) is 2.25. The van der Waals surface area contributed by atoms with Crippen LogP contribution in [0.2, 0.25) is 0 Å². The molecule has 0 aromatic carbocycles. The molecule has 12 heavy (non-hydrogen) atoms. The van der Waals surface area contributed by atoms with E-state index in [1.807, 2.05) is 0 Å². The Bertz CT molecular complexity index is 114. The first-order chi connectivity index (χ1) is 5.24. The van der Waals surface area contributed by atoms with Gasteiger partial charge in [-0.25, -0.2) is 30.6 Å². The van der Waals surface area contributed by atoms with Gasteiger partial charge in [-0.2, -0.15) is 0 Å². The van der Waals surface area contributed by atoms with Gasteiger partial charge in [0.05, 0.1) is 0 Å². The van der Waals surface area contributed by atoms with Crippen molar-refractivity contribution in [1.82, 2.24) is 0 Å². The minimum atomic E-state index is 0. The molecule has 0 heterocycles. The van der Waals surface area contributed by atoms with Gasteiger partial charge in [-0.05, 0) is 11.0 Å². The van der Waals surface area contributed by atoms with Crippen molar-refractivity contribution >= 4 is 29.2 Å². The molecule has 8 heteroatoms. The van der Waals surface area contributed by atoms with Gasteiger partial charge in [-0.1, -0.05) is 0 Å². The van der Waals surface area contributed by atoms with Crippen molar-refractivity contribution in [3.8, 4) is 0 Å². The standard InChI is InChI=1S/3CHNO.CH4O.H4Si/c3*2-1-3;1-2;/h3*2H;2H,1H3;1H4. The molecule has 4 N–H and O–H groups in total. The summed E-state index contributed by atoms with van der Waals surface area (Å²) in [5.74, 6) is 0. The highest BCUT2D eigenvalue weighted by molar-refractivity contribution is 5.75. The van der Waals surface area contributed by atoms with Crippen molar-refractivity contribution in [2.45, 2.75) is 0 Å². The maximum atomic E-state index is 8.35. The number of nitrogens with one attached hydrogen (secondary N) is 3. The highest BCUT2D eigenvalue weighted by Gasteiger charge is 1.04. The van der Waals surface area contributed by atoms with E-state index in [1.165, 1.54) is 0 Å². The highest BCUT2D eigenvalue weighted by Crippen LogP contribution is 0.874. The molecule has 0 saturated heterocycles. The third-order valence-corrected chi connectivity index (χ3v) is 0. The Kier molecular flexibility index (Phi) is 981. The van der Waals surface area contributed by atoms with Crippen LogP contribution < -0.4 is 0 Å². The average Bonchev–Trinajstić information content (AvgIpc) is 1.96. The molecule has 70 valence electrons. The Hall–Kier alpha value is -1.68. The van der Waals surface area contributed by atoms with Crippen molar-refractivity contribution in [2.24, 2.45) is 0 Å². The van der Waals surface area contributed by atoms with Crippen LogP contribution >= 0.6 is 0 Å². The molecule has 0 aromatic rings. The van der Waals surface area contributed by atoms with Crippen LogP contribution in [-0.4, -0.2) is 41.4 Å². The SMILES string of the molecule is CO.N=C=O.N=C=O.N=C=O.[SiH4]. The molecule has 0 atom stereocenters. The topological polar surface area (TPSA) is 143 Å². The molecule has 7 nitrogen and oxygen atoms in total. The number of aliphatic hydroxyl groups is 1. The fraction of sp³-hybridized carbons (Fsp3) is 0.250. The quantitative estimate of drug-likeness (QED) is 0.198. The maximum Gasteiger partial charge on any atom is 0.231 e. The minimum absolute atomic E-state index is 0. The van der Waals surface area contributed by atoms with Gasteiger partial charge in [0, 0.05) is 7.11 Å². The van der Waals surface area contributed by atoms with Crippen molar-refractivity contribution in [2.75, 3.05) is 7.11 Å². The van der Waals surface area contributed by atoms with Crippen LogP contribution in [0, 0.1) is 16.2 Å². The Labute approximate surface area is 73.0 Å². The van der Waals surface area contributed by atoms with E-state index >= 15 is 0 Å². The number of hydrogen-bond acceptors (Lipinski definition) is 7. The molecule has 0 unspecified atom stereocenters. The molecular formula is C4H11N3O4Si. The fourth-order valence-electron chi connectivity index (χ4n) is 0. The predicted molar refractivity (Wildman–Crippen MR) is 44.7 cm³/mol. The van der Waals surface area contributed by atoms with E-state index in [0.717, 1.165) is 25.3 Å². The lowest BCUT2D eigenvalue weighted by Gasteiger charge is -1.21. The molecule has 0 fully saturated rings. The molecule has 0 spiro atoms. The summed E-state index contributed by atoms with van der Waals surface area (Å²) in [6.45, 7) is 0. The second kappa shape index (κ2) is 372. The van der Waals surface area contributed by atoms with Crippen LogP contribution in [0.25, 0.3) is 0 Å². The van der Waals surface area contributed by atoms with Crippen molar-refractivity contribution in [3.05, 3.63) is 0 Å². The van der Waals surface area contributed by atoms with Gasteiger partial charge in [0.2, 0.25) is 18.2 Å². The molecule has 0 aliphatic rings. The second-order valence-electron chi connectivity index (χ2n) is 0.306. The molecule has 0 bridgehead atoms. The Morgan fingerprint density at radius 1 is 0.833 bits per heavy atom. The van der Waals surface area contributed by atoms with E-state index in [2.05, 4.69) is 0 Å². The lowest BCUT2D eigenvalue weighted by molar-refractivity contribution is 0.399. The van der Waals surface area contributed by atoms with Gasteiger partial charge in [0.1, 0.15) is 0 Å². The molecule has 0 amide bonds. The summed E-state index contributed by atoms with van der Waals surface area (Å²) in [5.41, 5.74) is 0. The first-order valence-electron chi connectivity index (χ1n) is 1.81. The molecule has 0 rings (SSSR count). The van der Waals surface area contributed by atoms with Crippen LogP contribution in [0.4, 0.5) is 0 Å². The van der Waals surface area contributed by atoms with Crippen molar-refractivity contribution in [3.63, 3.8) is 0 Å². The van der Waals surface area contributed by atoms with Gasteiger partial charge in [0.15, 0.2) is 0 Å². The first kappa shape index (κ1) is 31.7. The van der Waals surface area contributed by atoms with Crippen molar-refractivity contribution in [1.29, 1.82) is 16.2 Å². The first-order valence-corrected chi connectivity index (χ1v) is 1.81. The normalized spacial score (nSPS) is 2.50. The van der Waals surface area contributed by atoms with E-state index in [-0.39, 0.29) is 11.0 Å². The molecule has 0 radical (unpaired) electrons. The zero-order chi connectivity index (χ0) is 10.1. The van der Waals surface area contributed by atoms with Gasteiger partial charge in [0.25, 0.3) is 0 Å². The van der Waals surface area contributed by atoms with E-state index in [1.54, 1.807) is 0 Å². The summed E-state index contributed by atoms with van der Waals surface area (Å²) >= 11 is 0. The van der Waals surface area contributed by atoms with Gasteiger partial charge < -0.3 is 5.11 Å². The summed E-state index contributed by atoms with van der Waals surface area (Å²) in [7, 11) is 1.00. The van der Waals surface area contributed by atoms with Crippen LogP contribution in [0.1, 0.15) is 0 Å². The second-order valence-corrected chi connectivity index (χ2v) is 0.306. The molecule has 0 aliphatic carbocycles. The Morgan fingerprint density at radius 2 is 0.833 bits per heavy atom. The number of hydrogen-bond donors (Lipinski definition) is 4. The number of isocyanates is 3. The Morgan fingerprint density at radius 3 is 0.833 bits per heavy atom. The van der Waals surface area contributed by atoms with Crippen LogP contribution in [0.3, 0.4) is 0 Å². The van der Waals surface area contributed by atoms with E-state index in [4.69, 9.17) is 35.7 Å². The predicted octanol–water partition coefficient (Wildman–Crippen LogP) is -2.14. The maximum absolute atomic E-state index is 8.35. The van der Waals surface area contributed by atoms with Crippen LogP contribution in [0.5, 0.6) is 0 Å². The molecular weight excluding hydrogens is 182 g/mol. The third kappa shape index (κ3) is 157. The van der Waals surface area contributed by atoms with E-state index in [9.17, 15) is 0 Å². The zero-order valence-corrected chi connectivity index (χ0v) is 5.67. The summed E-state index contributed by atoms with van der Waals surface area (Å²) < 4.78 is 0. The van der Waals surface area contributed by atoms with Gasteiger partial charge in [-0.15, -0.1) is 0 Å². The zero-order valence-electron chi connectivity index (χ0n) is 5.67. The van der Waals surface area contributed by atoms with Crippen molar-refractivity contribution < 1.29 is 19.5 Å². The number of rotatable bonds is 0. The molecule has 0 saturated carbocycles. The summed E-state index contributed by atoms with van der Waals surface area (Å²) in [5, 5.41) is 23.2. The molecule has 0 aliphatic heterocycles. The number of carbonyl (C=O) groups excluding carboxylic acids is 3. The number of aliphatic hydroxyl groups excluding tert-OH is 1. The van der Waals surface area contributed by atoms with Crippen LogP contribution in [-0.2, 0) is 14.4 Å².